The maximum absolute atomic E-state index is 12.4. The third-order valence-electron chi connectivity index (χ3n) is 5.39. The molecule has 2 rings (SSSR count). The van der Waals surface area contributed by atoms with Gasteiger partial charge in [0, 0.05) is 38.0 Å². The zero-order valence-corrected chi connectivity index (χ0v) is 16.7. The van der Waals surface area contributed by atoms with Crippen LogP contribution in [0.25, 0.3) is 0 Å². The van der Waals surface area contributed by atoms with Gasteiger partial charge in [0.05, 0.1) is 11.1 Å². The Bertz CT molecular complexity index is 521. The fraction of sp³-hybridized carbons (Fsp3) is 0.882. The Morgan fingerprint density at radius 2 is 1.79 bits per heavy atom. The number of carbonyl (C=O) groups excluding carboxylic acids is 2. The van der Waals surface area contributed by atoms with E-state index >= 15 is 0 Å². The third-order valence-corrected chi connectivity index (χ3v) is 6.08. The van der Waals surface area contributed by atoms with E-state index < -0.39 is 0 Å². The minimum atomic E-state index is -0.298. The lowest BCUT2D eigenvalue weighted by atomic mass is 9.87. The second-order valence-corrected chi connectivity index (χ2v) is 9.07. The Hall–Kier alpha value is -1.11. The fourth-order valence-electron chi connectivity index (χ4n) is 3.46. The number of hydrogen-bond donors (Lipinski definition) is 2. The molecule has 2 saturated heterocycles. The summed E-state index contributed by atoms with van der Waals surface area (Å²) < 4.78 is 0. The highest BCUT2D eigenvalue weighted by molar-refractivity contribution is 7.80. The molecule has 0 aromatic carbocycles. The number of hydrogen-bond acceptors (Lipinski definition) is 3. The summed E-state index contributed by atoms with van der Waals surface area (Å²) in [7, 11) is 1.83. The standard InChI is InChI=1S/C17H32N4O2S/c1-15(2,3)21-11-16(4,18-13(21)22)7-8-17(5,12-24)20-10-9-19(6)14(20)23/h24H,7-12H2,1-6H3,(H,18,22). The van der Waals surface area contributed by atoms with E-state index in [1.54, 1.807) is 4.90 Å². The molecule has 0 aromatic heterocycles. The van der Waals surface area contributed by atoms with Gasteiger partial charge in [0.2, 0.25) is 0 Å². The van der Waals surface area contributed by atoms with Gasteiger partial charge < -0.3 is 20.0 Å². The molecule has 2 aliphatic rings. The van der Waals surface area contributed by atoms with Gasteiger partial charge in [-0.1, -0.05) is 0 Å². The molecule has 138 valence electrons. The van der Waals surface area contributed by atoms with Crippen molar-refractivity contribution in [2.24, 2.45) is 0 Å². The number of rotatable bonds is 5. The van der Waals surface area contributed by atoms with E-state index in [0.717, 1.165) is 25.9 Å². The molecule has 0 radical (unpaired) electrons. The molecule has 6 nitrogen and oxygen atoms in total. The van der Waals surface area contributed by atoms with Gasteiger partial charge in [0.1, 0.15) is 0 Å². The summed E-state index contributed by atoms with van der Waals surface area (Å²) in [5.74, 6) is 0.611. The smallest absolute Gasteiger partial charge is 0.320 e. The zero-order chi connectivity index (χ0) is 18.3. The van der Waals surface area contributed by atoms with E-state index in [9.17, 15) is 9.59 Å². The van der Waals surface area contributed by atoms with Gasteiger partial charge in [-0.05, 0) is 47.5 Å². The number of urea groups is 2. The van der Waals surface area contributed by atoms with Gasteiger partial charge in [0.15, 0.2) is 0 Å². The zero-order valence-electron chi connectivity index (χ0n) is 15.8. The largest absolute Gasteiger partial charge is 0.331 e. The normalized spacial score (nSPS) is 27.7. The SMILES string of the molecule is CN1CCN(C(C)(CS)CCC2(C)CN(C(C)(C)C)C(=O)N2)C1=O. The van der Waals surface area contributed by atoms with Crippen molar-refractivity contribution < 1.29 is 9.59 Å². The highest BCUT2D eigenvalue weighted by atomic mass is 32.1. The topological polar surface area (TPSA) is 55.9 Å². The van der Waals surface area contributed by atoms with Crippen molar-refractivity contribution in [2.45, 2.75) is 64.1 Å². The molecule has 2 aliphatic heterocycles. The van der Waals surface area contributed by atoms with E-state index in [-0.39, 0.29) is 28.7 Å². The Morgan fingerprint density at radius 1 is 1.17 bits per heavy atom. The van der Waals surface area contributed by atoms with E-state index in [4.69, 9.17) is 0 Å². The second-order valence-electron chi connectivity index (χ2n) is 8.76. The van der Waals surface area contributed by atoms with E-state index in [1.165, 1.54) is 0 Å². The summed E-state index contributed by atoms with van der Waals surface area (Å²) in [6.45, 7) is 12.5. The van der Waals surface area contributed by atoms with Crippen LogP contribution in [0.2, 0.25) is 0 Å². The van der Waals surface area contributed by atoms with E-state index in [1.807, 2.05) is 16.8 Å². The summed E-state index contributed by atoms with van der Waals surface area (Å²) in [5, 5.41) is 3.14. The molecule has 24 heavy (non-hydrogen) atoms. The first kappa shape index (κ1) is 19.2. The van der Waals surface area contributed by atoms with Crippen molar-refractivity contribution in [3.05, 3.63) is 0 Å². The minimum Gasteiger partial charge on any atom is -0.331 e. The van der Waals surface area contributed by atoms with Crippen molar-refractivity contribution in [1.82, 2.24) is 20.0 Å². The molecule has 2 atom stereocenters. The van der Waals surface area contributed by atoms with E-state index in [0.29, 0.717) is 12.3 Å². The molecule has 0 saturated carbocycles. The van der Waals surface area contributed by atoms with Gasteiger partial charge in [-0.3, -0.25) is 0 Å². The lowest BCUT2D eigenvalue weighted by molar-refractivity contribution is 0.135. The quantitative estimate of drug-likeness (QED) is 0.743. The molecule has 0 aromatic rings. The van der Waals surface area contributed by atoms with Crippen molar-refractivity contribution >= 4 is 24.7 Å². The molecule has 1 N–H and O–H groups in total. The Morgan fingerprint density at radius 3 is 2.21 bits per heavy atom. The predicted molar refractivity (Wildman–Crippen MR) is 99.6 cm³/mol. The predicted octanol–water partition coefficient (Wildman–Crippen LogP) is 2.40. The molecule has 0 aliphatic carbocycles. The van der Waals surface area contributed by atoms with Crippen LogP contribution in [0, 0.1) is 0 Å². The summed E-state index contributed by atoms with van der Waals surface area (Å²) in [6.07, 6.45) is 1.63. The molecule has 2 unspecified atom stereocenters. The van der Waals surface area contributed by atoms with Crippen LogP contribution < -0.4 is 5.32 Å². The lowest BCUT2D eigenvalue weighted by Crippen LogP contribution is -2.52. The molecular weight excluding hydrogens is 324 g/mol. The number of likely N-dealkylation sites (N-methyl/N-ethyl adjacent to an activating group) is 1. The highest BCUT2D eigenvalue weighted by Gasteiger charge is 2.45. The fourth-order valence-corrected chi connectivity index (χ4v) is 3.79. The Balaban J connectivity index is 2.06. The molecule has 7 heteroatoms. The van der Waals surface area contributed by atoms with Gasteiger partial charge in [-0.15, -0.1) is 0 Å². The van der Waals surface area contributed by atoms with Crippen molar-refractivity contribution in [1.29, 1.82) is 0 Å². The minimum absolute atomic E-state index is 0.00504. The average molecular weight is 357 g/mol. The van der Waals surface area contributed by atoms with Gasteiger partial charge in [-0.2, -0.15) is 12.6 Å². The summed E-state index contributed by atoms with van der Waals surface area (Å²) in [4.78, 5) is 30.2. The van der Waals surface area contributed by atoms with Crippen LogP contribution in [0.15, 0.2) is 0 Å². The van der Waals surface area contributed by atoms with Crippen LogP contribution in [-0.2, 0) is 0 Å². The summed E-state index contributed by atoms with van der Waals surface area (Å²) in [5.41, 5.74) is -0.764. The number of nitrogens with zero attached hydrogens (tertiary/aromatic N) is 3. The molecule has 0 bridgehead atoms. The first-order chi connectivity index (χ1) is 10.9. The van der Waals surface area contributed by atoms with Crippen LogP contribution in [-0.4, -0.2) is 75.8 Å². The first-order valence-electron chi connectivity index (χ1n) is 8.65. The maximum Gasteiger partial charge on any atom is 0.320 e. The summed E-state index contributed by atoms with van der Waals surface area (Å²) >= 11 is 4.52. The summed E-state index contributed by atoms with van der Waals surface area (Å²) in [6, 6.07) is 0.0676. The monoisotopic (exact) mass is 356 g/mol. The average Bonchev–Trinajstić information content (AvgIpc) is 2.98. The van der Waals surface area contributed by atoms with Crippen LogP contribution in [0.3, 0.4) is 0 Å². The van der Waals surface area contributed by atoms with E-state index in [2.05, 4.69) is 52.6 Å². The maximum atomic E-state index is 12.4. The highest BCUT2D eigenvalue weighted by Crippen LogP contribution is 2.33. The molecule has 2 fully saturated rings. The van der Waals surface area contributed by atoms with Crippen LogP contribution in [0.4, 0.5) is 9.59 Å². The number of carbonyl (C=O) groups is 2. The van der Waals surface area contributed by atoms with Crippen molar-refractivity contribution in [3.63, 3.8) is 0 Å². The third kappa shape index (κ3) is 3.60. The Kier molecular flexibility index (Phi) is 5.06. The number of amides is 4. The van der Waals surface area contributed by atoms with Gasteiger partial charge in [-0.25, -0.2) is 9.59 Å². The van der Waals surface area contributed by atoms with Crippen molar-refractivity contribution in [2.75, 3.05) is 32.4 Å². The molecule has 4 amide bonds. The number of nitrogens with one attached hydrogen (secondary N) is 1. The molecular formula is C17H32N4O2S. The Labute approximate surface area is 151 Å². The first-order valence-corrected chi connectivity index (χ1v) is 9.29. The van der Waals surface area contributed by atoms with Crippen LogP contribution >= 0.6 is 12.6 Å². The van der Waals surface area contributed by atoms with Gasteiger partial charge in [0.25, 0.3) is 0 Å². The van der Waals surface area contributed by atoms with Crippen LogP contribution in [0.5, 0.6) is 0 Å². The second kappa shape index (κ2) is 6.32. The molecule has 2 heterocycles. The van der Waals surface area contributed by atoms with Gasteiger partial charge >= 0.3 is 12.1 Å². The van der Waals surface area contributed by atoms with Crippen molar-refractivity contribution in [3.8, 4) is 0 Å². The lowest BCUT2D eigenvalue weighted by Gasteiger charge is -2.39. The number of thiol groups is 1. The van der Waals surface area contributed by atoms with Crippen LogP contribution in [0.1, 0.15) is 47.5 Å². The molecule has 0 spiro atoms.